The van der Waals surface area contributed by atoms with Gasteiger partial charge in [-0.2, -0.15) is 0 Å². The molecule has 0 aliphatic rings. The minimum absolute atomic E-state index is 0.115. The fourth-order valence-electron chi connectivity index (χ4n) is 1.84. The van der Waals surface area contributed by atoms with Crippen molar-refractivity contribution in [1.82, 2.24) is 0 Å². The molecule has 0 aliphatic heterocycles. The van der Waals surface area contributed by atoms with Gasteiger partial charge >= 0.3 is 0 Å². The lowest BCUT2D eigenvalue weighted by Gasteiger charge is -2.08. The summed E-state index contributed by atoms with van der Waals surface area (Å²) in [5, 5.41) is 2.89. The molecule has 0 spiro atoms. The van der Waals surface area contributed by atoms with Crippen molar-refractivity contribution in [1.29, 1.82) is 0 Å². The molecule has 2 aromatic carbocycles. The average molecular weight is 334 g/mol. The molecule has 0 atom stereocenters. The predicted molar refractivity (Wildman–Crippen MR) is 84.0 cm³/mol. The number of hydrogen-bond acceptors (Lipinski definition) is 2. The third-order valence-corrected chi connectivity index (χ3v) is 3.83. The van der Waals surface area contributed by atoms with Crippen LogP contribution in [0, 0.1) is 6.92 Å². The molecule has 2 rings (SSSR count). The summed E-state index contributed by atoms with van der Waals surface area (Å²) in [7, 11) is 1.65. The number of ether oxygens (including phenoxy) is 1. The van der Waals surface area contributed by atoms with Crippen molar-refractivity contribution >= 4 is 27.5 Å². The Kier molecular flexibility index (Phi) is 4.93. The molecule has 0 bridgehead atoms. The molecule has 3 nitrogen and oxygen atoms in total. The molecule has 1 amide bonds. The Morgan fingerprint density at radius 2 is 1.90 bits per heavy atom. The molecule has 0 saturated heterocycles. The maximum absolute atomic E-state index is 12.1. The zero-order chi connectivity index (χ0) is 14.5. The lowest BCUT2D eigenvalue weighted by atomic mass is 10.1. The van der Waals surface area contributed by atoms with E-state index in [1.54, 1.807) is 19.2 Å². The monoisotopic (exact) mass is 333 g/mol. The fourth-order valence-corrected chi connectivity index (χ4v) is 2.09. The number of benzene rings is 2. The molecule has 1 N–H and O–H groups in total. The summed E-state index contributed by atoms with van der Waals surface area (Å²) < 4.78 is 6.07. The summed E-state index contributed by atoms with van der Waals surface area (Å²) in [5.41, 5.74) is 3.55. The Hall–Kier alpha value is -1.65. The van der Waals surface area contributed by atoms with Crippen molar-refractivity contribution in [2.24, 2.45) is 0 Å². The van der Waals surface area contributed by atoms with Crippen LogP contribution in [0.25, 0.3) is 0 Å². The Morgan fingerprint density at radius 1 is 1.20 bits per heavy atom. The van der Waals surface area contributed by atoms with Crippen LogP contribution < -0.4 is 5.32 Å². The second-order valence-electron chi connectivity index (χ2n) is 4.55. The Labute approximate surface area is 127 Å². The van der Waals surface area contributed by atoms with Crippen molar-refractivity contribution in [2.45, 2.75) is 13.5 Å². The standard InChI is InChI=1S/C16H16BrNO2/c1-11-9-14(7-8-15(11)17)18-16(19)13-5-3-12(4-6-13)10-20-2/h3-9H,10H2,1-2H3,(H,18,19). The van der Waals surface area contributed by atoms with Crippen molar-refractivity contribution in [3.05, 3.63) is 63.6 Å². The highest BCUT2D eigenvalue weighted by Crippen LogP contribution is 2.20. The second-order valence-corrected chi connectivity index (χ2v) is 5.40. The first-order valence-electron chi connectivity index (χ1n) is 6.25. The van der Waals surface area contributed by atoms with E-state index in [0.29, 0.717) is 12.2 Å². The van der Waals surface area contributed by atoms with Crippen molar-refractivity contribution in [2.75, 3.05) is 12.4 Å². The number of hydrogen-bond donors (Lipinski definition) is 1. The number of carbonyl (C=O) groups excluding carboxylic acids is 1. The SMILES string of the molecule is COCc1ccc(C(=O)Nc2ccc(Br)c(C)c2)cc1. The van der Waals surface area contributed by atoms with Crippen LogP contribution in [0.5, 0.6) is 0 Å². The summed E-state index contributed by atoms with van der Waals surface area (Å²) in [5.74, 6) is -0.115. The van der Waals surface area contributed by atoms with Gasteiger partial charge in [-0.25, -0.2) is 0 Å². The van der Waals surface area contributed by atoms with E-state index in [9.17, 15) is 4.79 Å². The molecule has 0 saturated carbocycles. The van der Waals surface area contributed by atoms with Gasteiger partial charge in [0.1, 0.15) is 0 Å². The summed E-state index contributed by atoms with van der Waals surface area (Å²) in [6.45, 7) is 2.53. The average Bonchev–Trinajstić information content (AvgIpc) is 2.44. The Balaban J connectivity index is 2.09. The highest BCUT2D eigenvalue weighted by Gasteiger charge is 2.06. The van der Waals surface area contributed by atoms with Crippen molar-refractivity contribution < 1.29 is 9.53 Å². The molecule has 104 valence electrons. The molecule has 0 radical (unpaired) electrons. The number of amides is 1. The van der Waals surface area contributed by atoms with Gasteiger partial charge in [-0.1, -0.05) is 28.1 Å². The number of carbonyl (C=O) groups is 1. The van der Waals surface area contributed by atoms with E-state index < -0.39 is 0 Å². The van der Waals surface area contributed by atoms with Gasteiger partial charge in [0, 0.05) is 22.8 Å². The van der Waals surface area contributed by atoms with E-state index in [1.807, 2.05) is 37.3 Å². The molecule has 0 heterocycles. The van der Waals surface area contributed by atoms with E-state index in [2.05, 4.69) is 21.2 Å². The predicted octanol–water partition coefficient (Wildman–Crippen LogP) is 4.16. The number of aryl methyl sites for hydroxylation is 1. The first kappa shape index (κ1) is 14.8. The minimum Gasteiger partial charge on any atom is -0.380 e. The van der Waals surface area contributed by atoms with Crippen LogP contribution in [0.2, 0.25) is 0 Å². The summed E-state index contributed by atoms with van der Waals surface area (Å²) in [6, 6.07) is 13.1. The van der Waals surface area contributed by atoms with E-state index in [0.717, 1.165) is 21.3 Å². The normalized spacial score (nSPS) is 10.3. The molecule has 0 aromatic heterocycles. The van der Waals surface area contributed by atoms with Gasteiger partial charge in [0.2, 0.25) is 0 Å². The van der Waals surface area contributed by atoms with Crippen molar-refractivity contribution in [3.63, 3.8) is 0 Å². The number of methoxy groups -OCH3 is 1. The second kappa shape index (κ2) is 6.68. The number of anilines is 1. The van der Waals surface area contributed by atoms with Gasteiger partial charge in [0.25, 0.3) is 5.91 Å². The van der Waals surface area contributed by atoms with Crippen LogP contribution >= 0.6 is 15.9 Å². The molecule has 20 heavy (non-hydrogen) atoms. The van der Waals surface area contributed by atoms with Crippen LogP contribution in [0.4, 0.5) is 5.69 Å². The van der Waals surface area contributed by atoms with Gasteiger partial charge in [0.15, 0.2) is 0 Å². The fraction of sp³-hybridized carbons (Fsp3) is 0.188. The summed E-state index contributed by atoms with van der Waals surface area (Å²) in [4.78, 5) is 12.1. The maximum Gasteiger partial charge on any atom is 0.255 e. The van der Waals surface area contributed by atoms with Crippen LogP contribution in [0.1, 0.15) is 21.5 Å². The summed E-state index contributed by atoms with van der Waals surface area (Å²) >= 11 is 3.44. The number of rotatable bonds is 4. The lowest BCUT2D eigenvalue weighted by molar-refractivity contribution is 0.102. The maximum atomic E-state index is 12.1. The quantitative estimate of drug-likeness (QED) is 0.912. The minimum atomic E-state index is -0.115. The number of nitrogens with one attached hydrogen (secondary N) is 1. The van der Waals surface area contributed by atoms with E-state index in [4.69, 9.17) is 4.74 Å². The van der Waals surface area contributed by atoms with Gasteiger partial charge < -0.3 is 10.1 Å². The summed E-state index contributed by atoms with van der Waals surface area (Å²) in [6.07, 6.45) is 0. The van der Waals surface area contributed by atoms with E-state index >= 15 is 0 Å². The smallest absolute Gasteiger partial charge is 0.255 e. The van der Waals surface area contributed by atoms with E-state index in [-0.39, 0.29) is 5.91 Å². The van der Waals surface area contributed by atoms with Crippen LogP contribution in [0.15, 0.2) is 46.9 Å². The first-order valence-corrected chi connectivity index (χ1v) is 7.05. The Morgan fingerprint density at radius 3 is 2.50 bits per heavy atom. The van der Waals surface area contributed by atoms with Gasteiger partial charge in [0.05, 0.1) is 6.61 Å². The van der Waals surface area contributed by atoms with E-state index in [1.165, 1.54) is 0 Å². The van der Waals surface area contributed by atoms with Crippen LogP contribution in [-0.2, 0) is 11.3 Å². The molecule has 2 aromatic rings. The molecule has 0 aliphatic carbocycles. The van der Waals surface area contributed by atoms with Crippen molar-refractivity contribution in [3.8, 4) is 0 Å². The first-order chi connectivity index (χ1) is 9.60. The highest BCUT2D eigenvalue weighted by molar-refractivity contribution is 9.10. The molecular weight excluding hydrogens is 318 g/mol. The molecule has 0 fully saturated rings. The molecule has 4 heteroatoms. The number of halogens is 1. The zero-order valence-corrected chi connectivity index (χ0v) is 13.0. The molecular formula is C16H16BrNO2. The lowest BCUT2D eigenvalue weighted by Crippen LogP contribution is -2.12. The highest BCUT2D eigenvalue weighted by atomic mass is 79.9. The molecule has 0 unspecified atom stereocenters. The Bertz CT molecular complexity index is 608. The van der Waals surface area contributed by atoms with Gasteiger partial charge in [-0.3, -0.25) is 4.79 Å². The third kappa shape index (κ3) is 3.68. The topological polar surface area (TPSA) is 38.3 Å². The zero-order valence-electron chi connectivity index (χ0n) is 11.4. The van der Waals surface area contributed by atoms with Gasteiger partial charge in [-0.05, 0) is 48.4 Å². The largest absolute Gasteiger partial charge is 0.380 e. The van der Waals surface area contributed by atoms with Crippen LogP contribution in [-0.4, -0.2) is 13.0 Å². The van der Waals surface area contributed by atoms with Gasteiger partial charge in [-0.15, -0.1) is 0 Å². The third-order valence-electron chi connectivity index (χ3n) is 2.94. The van der Waals surface area contributed by atoms with Crippen LogP contribution in [0.3, 0.4) is 0 Å².